The van der Waals surface area contributed by atoms with Crippen LogP contribution in [0.4, 0.5) is 9.18 Å². The first-order valence-corrected chi connectivity index (χ1v) is 5.77. The maximum atomic E-state index is 12.8. The highest BCUT2D eigenvalue weighted by molar-refractivity contribution is 5.61. The summed E-state index contributed by atoms with van der Waals surface area (Å²) in [5, 5.41) is 0. The molecule has 1 aliphatic rings. The van der Waals surface area contributed by atoms with E-state index in [0.717, 1.165) is 5.56 Å². The van der Waals surface area contributed by atoms with Gasteiger partial charge in [-0.1, -0.05) is 12.1 Å². The van der Waals surface area contributed by atoms with Crippen molar-refractivity contribution < 1.29 is 23.4 Å². The molecular weight excluding hydrogens is 239 g/mol. The minimum absolute atomic E-state index is 0.237. The van der Waals surface area contributed by atoms with E-state index in [4.69, 9.17) is 14.2 Å². The molecule has 1 aliphatic heterocycles. The number of hydrogen-bond acceptors (Lipinski definition) is 4. The Morgan fingerprint density at radius 3 is 2.56 bits per heavy atom. The first kappa shape index (κ1) is 12.8. The topological polar surface area (TPSA) is 48.1 Å². The first-order chi connectivity index (χ1) is 8.49. The zero-order chi connectivity index (χ0) is 13.2. The van der Waals surface area contributed by atoms with Gasteiger partial charge in [0.1, 0.15) is 12.4 Å². The number of benzene rings is 1. The second-order valence-corrected chi connectivity index (χ2v) is 4.52. The molecule has 0 aromatic heterocycles. The Kier molecular flexibility index (Phi) is 3.52. The molecule has 0 spiro atoms. The van der Waals surface area contributed by atoms with Crippen molar-refractivity contribution in [2.24, 2.45) is 0 Å². The molecule has 1 fully saturated rings. The average molecular weight is 254 g/mol. The maximum absolute atomic E-state index is 12.8. The van der Waals surface area contributed by atoms with Crippen molar-refractivity contribution in [3.8, 4) is 0 Å². The van der Waals surface area contributed by atoms with Crippen LogP contribution in [0.5, 0.6) is 0 Å². The van der Waals surface area contributed by atoms with Gasteiger partial charge in [-0.25, -0.2) is 9.18 Å². The van der Waals surface area contributed by atoms with Gasteiger partial charge >= 0.3 is 6.16 Å². The van der Waals surface area contributed by atoms with Gasteiger partial charge in [0, 0.05) is 6.42 Å². The monoisotopic (exact) mass is 254 g/mol. The lowest BCUT2D eigenvalue weighted by Crippen LogP contribution is -2.26. The maximum Gasteiger partial charge on any atom is 0.511 e. The third-order valence-corrected chi connectivity index (χ3v) is 2.45. The molecule has 1 aromatic rings. The molecule has 2 rings (SSSR count). The van der Waals surface area contributed by atoms with Crippen LogP contribution in [0.1, 0.15) is 19.4 Å². The lowest BCUT2D eigenvalue weighted by atomic mass is 10.1. The van der Waals surface area contributed by atoms with Crippen molar-refractivity contribution >= 4 is 6.16 Å². The largest absolute Gasteiger partial charge is 0.511 e. The Balaban J connectivity index is 1.92. The van der Waals surface area contributed by atoms with Crippen LogP contribution in [0, 0.1) is 5.82 Å². The molecule has 1 aromatic carbocycles. The van der Waals surface area contributed by atoms with E-state index < -0.39 is 11.9 Å². The van der Waals surface area contributed by atoms with Gasteiger partial charge in [-0.05, 0) is 31.5 Å². The van der Waals surface area contributed by atoms with Gasteiger partial charge in [0.15, 0.2) is 0 Å². The van der Waals surface area contributed by atoms with Crippen molar-refractivity contribution in [2.75, 3.05) is 6.61 Å². The Morgan fingerprint density at radius 2 is 2.06 bits per heavy atom. The number of halogens is 1. The van der Waals surface area contributed by atoms with Gasteiger partial charge in [0.2, 0.25) is 5.79 Å². The molecule has 0 saturated carbocycles. The predicted octanol–water partition coefficient (Wildman–Crippen LogP) is 2.66. The summed E-state index contributed by atoms with van der Waals surface area (Å²) in [6.07, 6.45) is -0.593. The standard InChI is InChI=1S/C13H15FO4/c1-9(2)17-12(15)18-13(8-16-13)7-10-3-5-11(14)6-4-10/h3-6,9H,7-8H2,1-2H3. The van der Waals surface area contributed by atoms with Crippen molar-refractivity contribution in [3.05, 3.63) is 35.6 Å². The van der Waals surface area contributed by atoms with E-state index in [-0.39, 0.29) is 11.9 Å². The molecule has 0 bridgehead atoms. The summed E-state index contributed by atoms with van der Waals surface area (Å²) in [4.78, 5) is 11.4. The van der Waals surface area contributed by atoms with Crippen LogP contribution in [0.3, 0.4) is 0 Å². The summed E-state index contributed by atoms with van der Waals surface area (Å²) in [7, 11) is 0. The van der Waals surface area contributed by atoms with Gasteiger partial charge in [0.05, 0.1) is 6.10 Å². The second-order valence-electron chi connectivity index (χ2n) is 4.52. The van der Waals surface area contributed by atoms with E-state index >= 15 is 0 Å². The molecule has 18 heavy (non-hydrogen) atoms. The molecule has 5 heteroatoms. The molecule has 1 heterocycles. The number of epoxide rings is 1. The molecule has 1 saturated heterocycles. The summed E-state index contributed by atoms with van der Waals surface area (Å²) >= 11 is 0. The van der Waals surface area contributed by atoms with Gasteiger partial charge in [-0.3, -0.25) is 0 Å². The van der Waals surface area contributed by atoms with Crippen molar-refractivity contribution in [1.82, 2.24) is 0 Å². The SMILES string of the molecule is CC(C)OC(=O)OC1(Cc2ccc(F)cc2)CO1. The summed E-state index contributed by atoms with van der Waals surface area (Å²) in [6, 6.07) is 5.99. The van der Waals surface area contributed by atoms with Crippen LogP contribution in [0.25, 0.3) is 0 Å². The Hall–Kier alpha value is -1.62. The van der Waals surface area contributed by atoms with E-state index in [1.54, 1.807) is 26.0 Å². The zero-order valence-electron chi connectivity index (χ0n) is 10.3. The predicted molar refractivity (Wildman–Crippen MR) is 61.5 cm³/mol. The van der Waals surface area contributed by atoms with Crippen LogP contribution >= 0.6 is 0 Å². The van der Waals surface area contributed by atoms with Gasteiger partial charge < -0.3 is 14.2 Å². The summed E-state index contributed by atoms with van der Waals surface area (Å²) in [5.74, 6) is -1.24. The molecule has 4 nitrogen and oxygen atoms in total. The summed E-state index contributed by atoms with van der Waals surface area (Å²) < 4.78 is 27.9. The van der Waals surface area contributed by atoms with E-state index in [0.29, 0.717) is 13.0 Å². The molecule has 98 valence electrons. The Morgan fingerprint density at radius 1 is 1.44 bits per heavy atom. The highest BCUT2D eigenvalue weighted by Crippen LogP contribution is 2.33. The smallest absolute Gasteiger partial charge is 0.432 e. The fraction of sp³-hybridized carbons (Fsp3) is 0.462. The van der Waals surface area contributed by atoms with Crippen LogP contribution in [0.2, 0.25) is 0 Å². The number of carbonyl (C=O) groups excluding carboxylic acids is 1. The number of carbonyl (C=O) groups is 1. The second kappa shape index (κ2) is 4.94. The fourth-order valence-corrected chi connectivity index (χ4v) is 1.56. The van der Waals surface area contributed by atoms with Crippen LogP contribution < -0.4 is 0 Å². The van der Waals surface area contributed by atoms with Crippen molar-refractivity contribution in [1.29, 1.82) is 0 Å². The van der Waals surface area contributed by atoms with E-state index in [2.05, 4.69) is 0 Å². The van der Waals surface area contributed by atoms with Gasteiger partial charge in [0.25, 0.3) is 0 Å². The molecule has 0 N–H and O–H groups in total. The van der Waals surface area contributed by atoms with Crippen molar-refractivity contribution in [3.63, 3.8) is 0 Å². The van der Waals surface area contributed by atoms with E-state index in [1.165, 1.54) is 12.1 Å². The lowest BCUT2D eigenvalue weighted by Gasteiger charge is -2.14. The quantitative estimate of drug-likeness (QED) is 0.612. The van der Waals surface area contributed by atoms with Crippen LogP contribution in [-0.4, -0.2) is 24.7 Å². The minimum Gasteiger partial charge on any atom is -0.432 e. The molecule has 0 amide bonds. The fourth-order valence-electron chi connectivity index (χ4n) is 1.56. The summed E-state index contributed by atoms with van der Waals surface area (Å²) in [5.41, 5.74) is 0.839. The molecule has 0 radical (unpaired) electrons. The Bertz CT molecular complexity index is 423. The van der Waals surface area contributed by atoms with Gasteiger partial charge in [-0.2, -0.15) is 0 Å². The van der Waals surface area contributed by atoms with E-state index in [1.807, 2.05) is 0 Å². The molecular formula is C13H15FO4. The first-order valence-electron chi connectivity index (χ1n) is 5.77. The third-order valence-electron chi connectivity index (χ3n) is 2.45. The van der Waals surface area contributed by atoms with Crippen molar-refractivity contribution in [2.45, 2.75) is 32.2 Å². The molecule has 1 atom stereocenters. The Labute approximate surface area is 105 Å². The summed E-state index contributed by atoms with van der Waals surface area (Å²) in [6.45, 7) is 3.81. The average Bonchev–Trinajstić information content (AvgIpc) is 3.00. The third kappa shape index (κ3) is 3.43. The van der Waals surface area contributed by atoms with Crippen LogP contribution in [-0.2, 0) is 20.6 Å². The van der Waals surface area contributed by atoms with Crippen LogP contribution in [0.15, 0.2) is 24.3 Å². The molecule has 1 unspecified atom stereocenters. The number of rotatable bonds is 4. The lowest BCUT2D eigenvalue weighted by molar-refractivity contribution is -0.0435. The normalized spacial score (nSPS) is 21.8. The zero-order valence-corrected chi connectivity index (χ0v) is 10.3. The van der Waals surface area contributed by atoms with E-state index in [9.17, 15) is 9.18 Å². The highest BCUT2D eigenvalue weighted by atomic mass is 19.1. The minimum atomic E-state index is -0.941. The van der Waals surface area contributed by atoms with Gasteiger partial charge in [-0.15, -0.1) is 0 Å². The number of hydrogen-bond donors (Lipinski definition) is 0. The number of ether oxygens (including phenoxy) is 3. The highest BCUT2D eigenvalue weighted by Gasteiger charge is 2.50. The molecule has 0 aliphatic carbocycles.